The summed E-state index contributed by atoms with van der Waals surface area (Å²) in [5.41, 5.74) is 1.73. The molecule has 1 aliphatic rings. The highest BCUT2D eigenvalue weighted by atomic mass is 15.0. The van der Waals surface area contributed by atoms with Gasteiger partial charge < -0.3 is 5.32 Å². The molecule has 0 bridgehead atoms. The third kappa shape index (κ3) is 1.09. The van der Waals surface area contributed by atoms with E-state index in [0.717, 1.165) is 6.42 Å². The summed E-state index contributed by atoms with van der Waals surface area (Å²) < 4.78 is 0. The summed E-state index contributed by atoms with van der Waals surface area (Å²) >= 11 is 0. The Morgan fingerprint density at radius 2 is 2.11 bits per heavy atom. The monoisotopic (exact) mass is 125 g/mol. The molecule has 0 aromatic rings. The Morgan fingerprint density at radius 3 is 2.44 bits per heavy atom. The van der Waals surface area contributed by atoms with E-state index >= 15 is 0 Å². The maximum Gasteiger partial charge on any atom is 0.0541 e. The number of hydrogen-bond acceptors (Lipinski definition) is 1. The summed E-state index contributed by atoms with van der Waals surface area (Å²) in [5.74, 6) is 0. The summed E-state index contributed by atoms with van der Waals surface area (Å²) in [6.45, 7) is 6.61. The van der Waals surface area contributed by atoms with Crippen LogP contribution in [0, 0.1) is 0 Å². The molecule has 1 N–H and O–H groups in total. The molecular formula is C8H15N. The van der Waals surface area contributed by atoms with E-state index in [1.165, 1.54) is 12.1 Å². The van der Waals surface area contributed by atoms with Gasteiger partial charge in [0, 0.05) is 5.70 Å². The number of hydrogen-bond donors (Lipinski definition) is 1. The van der Waals surface area contributed by atoms with Crippen LogP contribution in [0.25, 0.3) is 0 Å². The molecule has 0 amide bonds. The molecule has 0 fully saturated rings. The zero-order chi connectivity index (χ0) is 6.91. The first kappa shape index (κ1) is 6.66. The van der Waals surface area contributed by atoms with Crippen LogP contribution in [0.3, 0.4) is 0 Å². The second-order valence-electron chi connectivity index (χ2n) is 2.92. The molecule has 1 nitrogen and oxygen atoms in total. The molecule has 1 unspecified atom stereocenters. The van der Waals surface area contributed by atoms with E-state index in [-0.39, 0.29) is 0 Å². The fraction of sp³-hybridized carbons (Fsp3) is 0.750. The first-order valence-electron chi connectivity index (χ1n) is 3.70. The van der Waals surface area contributed by atoms with Crippen molar-refractivity contribution in [1.82, 2.24) is 5.32 Å². The van der Waals surface area contributed by atoms with Gasteiger partial charge in [-0.3, -0.25) is 0 Å². The molecule has 0 spiro atoms. The van der Waals surface area contributed by atoms with Crippen LogP contribution in [0.4, 0.5) is 0 Å². The lowest BCUT2D eigenvalue weighted by atomic mass is 9.89. The zero-order valence-corrected chi connectivity index (χ0v) is 6.49. The Morgan fingerprint density at radius 1 is 1.56 bits per heavy atom. The first-order chi connectivity index (χ1) is 4.20. The maximum atomic E-state index is 3.42. The Labute approximate surface area is 57.1 Å². The lowest BCUT2D eigenvalue weighted by Crippen LogP contribution is -2.47. The van der Waals surface area contributed by atoms with Crippen molar-refractivity contribution < 1.29 is 0 Å². The average Bonchev–Trinajstić information content (AvgIpc) is 1.81. The first-order valence-corrected chi connectivity index (χ1v) is 3.70. The molecule has 1 atom stereocenters. The third-order valence-corrected chi connectivity index (χ3v) is 2.05. The van der Waals surface area contributed by atoms with Crippen molar-refractivity contribution >= 4 is 0 Å². The van der Waals surface area contributed by atoms with Gasteiger partial charge in [-0.2, -0.15) is 0 Å². The van der Waals surface area contributed by atoms with Crippen LogP contribution in [-0.4, -0.2) is 5.54 Å². The fourth-order valence-corrected chi connectivity index (χ4v) is 1.13. The van der Waals surface area contributed by atoms with Crippen molar-refractivity contribution in [3.8, 4) is 0 Å². The molecule has 1 heteroatoms. The molecule has 0 radical (unpaired) electrons. The number of allylic oxidation sites excluding steroid dienone is 1. The average molecular weight is 125 g/mol. The SMILES string of the molecule is CCC1=CC(C)(CC)N1. The molecule has 9 heavy (non-hydrogen) atoms. The standard InChI is InChI=1S/C8H15N/c1-4-7-6-8(3,5-2)9-7/h6,9H,4-5H2,1-3H3. The highest BCUT2D eigenvalue weighted by Crippen LogP contribution is 2.24. The Bertz CT molecular complexity index is 138. The number of nitrogens with one attached hydrogen (secondary N) is 1. The van der Waals surface area contributed by atoms with Gasteiger partial charge in [0.2, 0.25) is 0 Å². The van der Waals surface area contributed by atoms with Gasteiger partial charge in [-0.05, 0) is 25.8 Å². The molecule has 1 aliphatic heterocycles. The van der Waals surface area contributed by atoms with Crippen molar-refractivity contribution in [2.45, 2.75) is 39.2 Å². The molecule has 0 aliphatic carbocycles. The summed E-state index contributed by atoms with van der Waals surface area (Å²) in [7, 11) is 0. The summed E-state index contributed by atoms with van der Waals surface area (Å²) in [5, 5.41) is 3.42. The molecule has 52 valence electrons. The Balaban J connectivity index is 2.48. The topological polar surface area (TPSA) is 12.0 Å². The molecule has 1 heterocycles. The Hall–Kier alpha value is -0.460. The molecule has 1 rings (SSSR count). The zero-order valence-electron chi connectivity index (χ0n) is 6.49. The van der Waals surface area contributed by atoms with Crippen LogP contribution in [0.2, 0.25) is 0 Å². The molecule has 0 saturated heterocycles. The van der Waals surface area contributed by atoms with Crippen molar-refractivity contribution in [2.75, 3.05) is 0 Å². The second kappa shape index (κ2) is 2.05. The minimum absolute atomic E-state index is 0.325. The van der Waals surface area contributed by atoms with Crippen molar-refractivity contribution in [3.05, 3.63) is 11.8 Å². The normalized spacial score (nSPS) is 32.6. The van der Waals surface area contributed by atoms with Gasteiger partial charge in [0.15, 0.2) is 0 Å². The lowest BCUT2D eigenvalue weighted by molar-refractivity contribution is 0.403. The highest BCUT2D eigenvalue weighted by molar-refractivity contribution is 5.24. The van der Waals surface area contributed by atoms with Gasteiger partial charge in [-0.15, -0.1) is 0 Å². The third-order valence-electron chi connectivity index (χ3n) is 2.05. The summed E-state index contributed by atoms with van der Waals surface area (Å²) in [6.07, 6.45) is 4.67. The Kier molecular flexibility index (Phi) is 1.52. The van der Waals surface area contributed by atoms with Crippen LogP contribution in [0.5, 0.6) is 0 Å². The van der Waals surface area contributed by atoms with E-state index in [0.29, 0.717) is 5.54 Å². The van der Waals surface area contributed by atoms with E-state index in [4.69, 9.17) is 0 Å². The van der Waals surface area contributed by atoms with E-state index < -0.39 is 0 Å². The van der Waals surface area contributed by atoms with Crippen LogP contribution in [-0.2, 0) is 0 Å². The van der Waals surface area contributed by atoms with Gasteiger partial charge in [0.1, 0.15) is 0 Å². The van der Waals surface area contributed by atoms with Crippen LogP contribution < -0.4 is 5.32 Å². The van der Waals surface area contributed by atoms with Gasteiger partial charge in [-0.1, -0.05) is 13.8 Å². The highest BCUT2D eigenvalue weighted by Gasteiger charge is 2.27. The smallest absolute Gasteiger partial charge is 0.0541 e. The minimum atomic E-state index is 0.325. The predicted octanol–water partition coefficient (Wildman–Crippen LogP) is 2.05. The fourth-order valence-electron chi connectivity index (χ4n) is 1.13. The molecule has 0 aromatic carbocycles. The van der Waals surface area contributed by atoms with Crippen LogP contribution in [0.1, 0.15) is 33.6 Å². The predicted molar refractivity (Wildman–Crippen MR) is 40.2 cm³/mol. The maximum absolute atomic E-state index is 3.42. The second-order valence-corrected chi connectivity index (χ2v) is 2.92. The minimum Gasteiger partial charge on any atom is -0.380 e. The van der Waals surface area contributed by atoms with Gasteiger partial charge in [-0.25, -0.2) is 0 Å². The van der Waals surface area contributed by atoms with Gasteiger partial charge in [0.25, 0.3) is 0 Å². The quantitative estimate of drug-likeness (QED) is 0.595. The largest absolute Gasteiger partial charge is 0.380 e. The van der Waals surface area contributed by atoms with Crippen LogP contribution >= 0.6 is 0 Å². The van der Waals surface area contributed by atoms with Crippen molar-refractivity contribution in [3.63, 3.8) is 0 Å². The van der Waals surface area contributed by atoms with Gasteiger partial charge in [0.05, 0.1) is 5.54 Å². The number of rotatable bonds is 2. The van der Waals surface area contributed by atoms with Crippen LogP contribution in [0.15, 0.2) is 11.8 Å². The van der Waals surface area contributed by atoms with E-state index in [2.05, 4.69) is 32.2 Å². The molecular weight excluding hydrogens is 110 g/mol. The van der Waals surface area contributed by atoms with E-state index in [1.807, 2.05) is 0 Å². The van der Waals surface area contributed by atoms with E-state index in [1.54, 1.807) is 0 Å². The lowest BCUT2D eigenvalue weighted by Gasteiger charge is -2.38. The summed E-state index contributed by atoms with van der Waals surface area (Å²) in [6, 6.07) is 0. The van der Waals surface area contributed by atoms with Crippen molar-refractivity contribution in [2.24, 2.45) is 0 Å². The van der Waals surface area contributed by atoms with E-state index in [9.17, 15) is 0 Å². The van der Waals surface area contributed by atoms with Crippen molar-refractivity contribution in [1.29, 1.82) is 0 Å². The molecule has 0 saturated carbocycles. The summed E-state index contributed by atoms with van der Waals surface area (Å²) in [4.78, 5) is 0. The molecule has 0 aromatic heterocycles. The van der Waals surface area contributed by atoms with Gasteiger partial charge >= 0.3 is 0 Å².